The van der Waals surface area contributed by atoms with Gasteiger partial charge in [0.05, 0.1) is 19.1 Å². The Labute approximate surface area is 127 Å². The molecule has 22 heavy (non-hydrogen) atoms. The third kappa shape index (κ3) is 3.37. The molecule has 7 heteroatoms. The molecular weight excluding hydrogens is 290 g/mol. The van der Waals surface area contributed by atoms with Gasteiger partial charge in [0, 0.05) is 5.56 Å². The predicted molar refractivity (Wildman–Crippen MR) is 77.0 cm³/mol. The second-order valence-corrected chi connectivity index (χ2v) is 5.52. The number of carbonyl (C=O) groups is 2. The van der Waals surface area contributed by atoms with Crippen molar-refractivity contribution >= 4 is 11.9 Å². The first kappa shape index (κ1) is 16.3. The molecule has 1 heterocycles. The number of aryl methyl sites for hydroxylation is 2. The van der Waals surface area contributed by atoms with E-state index in [0.717, 1.165) is 11.1 Å². The van der Waals surface area contributed by atoms with Crippen LogP contribution in [0.5, 0.6) is 5.75 Å². The summed E-state index contributed by atoms with van der Waals surface area (Å²) in [6.07, 6.45) is -0.999. The number of hydrogen-bond donors (Lipinski definition) is 3. The lowest BCUT2D eigenvalue weighted by Crippen LogP contribution is -2.50. The summed E-state index contributed by atoms with van der Waals surface area (Å²) in [6, 6.07) is 2.98. The van der Waals surface area contributed by atoms with Crippen LogP contribution < -0.4 is 4.74 Å². The van der Waals surface area contributed by atoms with Crippen molar-refractivity contribution in [3.8, 4) is 5.75 Å². The molecule has 0 bridgehead atoms. The van der Waals surface area contributed by atoms with E-state index in [1.165, 1.54) is 4.90 Å². The maximum absolute atomic E-state index is 10.9. The van der Waals surface area contributed by atoms with E-state index in [9.17, 15) is 14.7 Å². The van der Waals surface area contributed by atoms with Gasteiger partial charge >= 0.3 is 11.9 Å². The highest BCUT2D eigenvalue weighted by molar-refractivity contribution is 5.72. The fourth-order valence-corrected chi connectivity index (χ4v) is 2.81. The van der Waals surface area contributed by atoms with Gasteiger partial charge in [-0.15, -0.1) is 0 Å². The van der Waals surface area contributed by atoms with Crippen LogP contribution in [-0.2, 0) is 9.59 Å². The number of hydrogen-bond acceptors (Lipinski definition) is 5. The molecule has 1 aliphatic heterocycles. The highest BCUT2D eigenvalue weighted by Crippen LogP contribution is 2.37. The molecule has 1 aromatic carbocycles. The van der Waals surface area contributed by atoms with Gasteiger partial charge in [0.15, 0.2) is 0 Å². The molecule has 2 atom stereocenters. The van der Waals surface area contributed by atoms with E-state index in [-0.39, 0.29) is 6.61 Å². The van der Waals surface area contributed by atoms with E-state index in [1.54, 1.807) is 6.07 Å². The van der Waals surface area contributed by atoms with E-state index in [0.29, 0.717) is 11.3 Å². The third-order valence-corrected chi connectivity index (χ3v) is 3.67. The Morgan fingerprint density at radius 1 is 1.23 bits per heavy atom. The molecule has 1 aromatic rings. The Kier molecular flexibility index (Phi) is 4.68. The Bertz CT molecular complexity index is 584. The summed E-state index contributed by atoms with van der Waals surface area (Å²) < 4.78 is 5.65. The molecule has 0 spiro atoms. The first-order valence-corrected chi connectivity index (χ1v) is 6.89. The fraction of sp³-hybridized carbons (Fsp3) is 0.467. The van der Waals surface area contributed by atoms with E-state index >= 15 is 0 Å². The number of rotatable bonds is 5. The monoisotopic (exact) mass is 309 g/mol. The van der Waals surface area contributed by atoms with Crippen LogP contribution >= 0.6 is 0 Å². The van der Waals surface area contributed by atoms with Crippen molar-refractivity contribution in [1.82, 2.24) is 4.90 Å². The van der Waals surface area contributed by atoms with Crippen molar-refractivity contribution in [1.29, 1.82) is 0 Å². The second-order valence-electron chi connectivity index (χ2n) is 5.52. The van der Waals surface area contributed by atoms with Crippen LogP contribution in [0.1, 0.15) is 22.8 Å². The second kappa shape index (κ2) is 6.33. The normalized spacial score (nSPS) is 20.4. The van der Waals surface area contributed by atoms with Crippen LogP contribution in [-0.4, -0.2) is 57.9 Å². The van der Waals surface area contributed by atoms with Crippen LogP contribution in [0.2, 0.25) is 0 Å². The first-order chi connectivity index (χ1) is 10.3. The van der Waals surface area contributed by atoms with Gasteiger partial charge in [0.2, 0.25) is 0 Å². The number of aliphatic hydroxyl groups is 1. The molecule has 0 aliphatic carbocycles. The van der Waals surface area contributed by atoms with Gasteiger partial charge < -0.3 is 20.1 Å². The van der Waals surface area contributed by atoms with E-state index in [4.69, 9.17) is 14.9 Å². The van der Waals surface area contributed by atoms with Gasteiger partial charge in [-0.3, -0.25) is 14.5 Å². The summed E-state index contributed by atoms with van der Waals surface area (Å²) in [5.74, 6) is -1.72. The Hall–Kier alpha value is -2.12. The summed E-state index contributed by atoms with van der Waals surface area (Å²) in [6.45, 7) is 2.84. The summed E-state index contributed by atoms with van der Waals surface area (Å²) in [7, 11) is 0. The predicted octanol–water partition coefficient (Wildman–Crippen LogP) is 0.569. The standard InChI is InChI=1S/C15H19NO6/c1-8-3-9(2)15-10(4-8)14(21)11(7-22-15)16(5-12(17)18)6-13(19)20/h3-4,11,14,21H,5-7H2,1-2H3,(H,17,18)(H,19,20). The average molecular weight is 309 g/mol. The van der Waals surface area contributed by atoms with Crippen LogP contribution in [0.25, 0.3) is 0 Å². The van der Waals surface area contributed by atoms with Gasteiger partial charge in [0.25, 0.3) is 0 Å². The zero-order valence-electron chi connectivity index (χ0n) is 12.4. The van der Waals surface area contributed by atoms with Crippen molar-refractivity contribution in [2.45, 2.75) is 26.0 Å². The molecule has 0 saturated carbocycles. The minimum Gasteiger partial charge on any atom is -0.491 e. The molecule has 0 aromatic heterocycles. The lowest BCUT2D eigenvalue weighted by atomic mass is 9.94. The molecule has 0 amide bonds. The molecule has 0 saturated heterocycles. The molecule has 2 unspecified atom stereocenters. The molecule has 3 N–H and O–H groups in total. The smallest absolute Gasteiger partial charge is 0.317 e. The Morgan fingerprint density at radius 2 is 1.82 bits per heavy atom. The van der Waals surface area contributed by atoms with E-state index in [1.807, 2.05) is 19.9 Å². The number of benzene rings is 1. The third-order valence-electron chi connectivity index (χ3n) is 3.67. The van der Waals surface area contributed by atoms with E-state index < -0.39 is 37.2 Å². The first-order valence-electron chi connectivity index (χ1n) is 6.89. The zero-order chi connectivity index (χ0) is 16.4. The minimum atomic E-state index is -1.15. The minimum absolute atomic E-state index is 0.0403. The van der Waals surface area contributed by atoms with Gasteiger partial charge in [-0.1, -0.05) is 11.6 Å². The molecule has 1 aliphatic rings. The van der Waals surface area contributed by atoms with Crippen LogP contribution in [0, 0.1) is 13.8 Å². The van der Waals surface area contributed by atoms with Gasteiger partial charge in [-0.05, 0) is 25.5 Å². The van der Waals surface area contributed by atoms with E-state index in [2.05, 4.69) is 0 Å². The van der Waals surface area contributed by atoms with Crippen molar-refractivity contribution in [3.63, 3.8) is 0 Å². The van der Waals surface area contributed by atoms with Crippen molar-refractivity contribution in [3.05, 3.63) is 28.8 Å². The summed E-state index contributed by atoms with van der Waals surface area (Å²) in [4.78, 5) is 23.1. The van der Waals surface area contributed by atoms with Crippen LogP contribution in [0.4, 0.5) is 0 Å². The lowest BCUT2D eigenvalue weighted by Gasteiger charge is -2.37. The number of carboxylic acids is 2. The van der Waals surface area contributed by atoms with Crippen molar-refractivity contribution in [2.75, 3.05) is 19.7 Å². The zero-order valence-corrected chi connectivity index (χ0v) is 12.4. The van der Waals surface area contributed by atoms with Crippen molar-refractivity contribution in [2.24, 2.45) is 0 Å². The lowest BCUT2D eigenvalue weighted by molar-refractivity contribution is -0.144. The Morgan fingerprint density at radius 3 is 2.36 bits per heavy atom. The Balaban J connectivity index is 2.32. The number of aliphatic hydroxyl groups excluding tert-OH is 1. The molecule has 0 radical (unpaired) electrons. The number of carboxylic acid groups (broad SMARTS) is 2. The highest BCUT2D eigenvalue weighted by atomic mass is 16.5. The largest absolute Gasteiger partial charge is 0.491 e. The number of fused-ring (bicyclic) bond motifs is 1. The summed E-state index contributed by atoms with van der Waals surface area (Å²) >= 11 is 0. The molecule has 0 fully saturated rings. The molecule has 120 valence electrons. The van der Waals surface area contributed by atoms with Crippen molar-refractivity contribution < 1.29 is 29.6 Å². The maximum atomic E-state index is 10.9. The van der Waals surface area contributed by atoms with Crippen LogP contribution in [0.3, 0.4) is 0 Å². The summed E-state index contributed by atoms with van der Waals surface area (Å²) in [5.41, 5.74) is 2.40. The van der Waals surface area contributed by atoms with Crippen LogP contribution in [0.15, 0.2) is 12.1 Å². The average Bonchev–Trinajstić information content (AvgIpc) is 2.38. The highest BCUT2D eigenvalue weighted by Gasteiger charge is 2.36. The molecule has 2 rings (SSSR count). The number of aliphatic carboxylic acids is 2. The fourth-order valence-electron chi connectivity index (χ4n) is 2.81. The van der Waals surface area contributed by atoms with Gasteiger partial charge in [-0.25, -0.2) is 0 Å². The topological polar surface area (TPSA) is 107 Å². The molecular formula is C15H19NO6. The van der Waals surface area contributed by atoms with Gasteiger partial charge in [-0.2, -0.15) is 0 Å². The quantitative estimate of drug-likeness (QED) is 0.730. The molecule has 7 nitrogen and oxygen atoms in total. The number of nitrogens with zero attached hydrogens (tertiary/aromatic N) is 1. The van der Waals surface area contributed by atoms with Gasteiger partial charge in [0.1, 0.15) is 18.5 Å². The SMILES string of the molecule is Cc1cc(C)c2c(c1)C(O)C(N(CC(=O)O)CC(=O)O)CO2. The number of ether oxygens (including phenoxy) is 1. The maximum Gasteiger partial charge on any atom is 0.317 e. The summed E-state index contributed by atoms with van der Waals surface area (Å²) in [5, 5.41) is 28.4.